The Morgan fingerprint density at radius 1 is 1.12 bits per heavy atom. The number of halogens is 1. The molecule has 4 heteroatoms. The summed E-state index contributed by atoms with van der Waals surface area (Å²) in [7, 11) is -2.83. The van der Waals surface area contributed by atoms with Crippen LogP contribution in [0, 0.1) is 17.8 Å². The number of sulfone groups is 1. The van der Waals surface area contributed by atoms with Crippen LogP contribution in [0.2, 0.25) is 0 Å². The van der Waals surface area contributed by atoms with Crippen LogP contribution in [0.1, 0.15) is 45.4 Å². The molecule has 0 spiro atoms. The van der Waals surface area contributed by atoms with Gasteiger partial charge in [0.2, 0.25) is 0 Å². The summed E-state index contributed by atoms with van der Waals surface area (Å²) in [6.45, 7) is 2.32. The minimum Gasteiger partial charge on any atom is -0.229 e. The van der Waals surface area contributed by atoms with E-state index in [9.17, 15) is 8.42 Å². The molecule has 0 aliphatic heterocycles. The zero-order chi connectivity index (χ0) is 12.6. The van der Waals surface area contributed by atoms with Gasteiger partial charge < -0.3 is 0 Å². The second-order valence-corrected chi connectivity index (χ2v) is 9.50. The molecule has 2 saturated carbocycles. The van der Waals surface area contributed by atoms with Crippen molar-refractivity contribution in [2.45, 2.75) is 55.5 Å². The summed E-state index contributed by atoms with van der Waals surface area (Å²) in [6, 6.07) is 0. The van der Waals surface area contributed by atoms with Gasteiger partial charge in [-0.15, -0.1) is 0 Å². The number of alkyl halides is 1. The SMILES string of the molecule is CC1C(Br)CCC1C1CCCC(S(C)(=O)=O)C1. The lowest BCUT2D eigenvalue weighted by molar-refractivity contribution is 0.214. The van der Waals surface area contributed by atoms with Crippen LogP contribution in [-0.2, 0) is 9.84 Å². The van der Waals surface area contributed by atoms with Crippen molar-refractivity contribution in [3.05, 3.63) is 0 Å². The van der Waals surface area contributed by atoms with Crippen molar-refractivity contribution >= 4 is 25.8 Å². The Morgan fingerprint density at radius 3 is 2.35 bits per heavy atom. The molecule has 5 atom stereocenters. The molecular weight excluding hydrogens is 300 g/mol. The Morgan fingerprint density at radius 2 is 1.82 bits per heavy atom. The van der Waals surface area contributed by atoms with E-state index >= 15 is 0 Å². The molecule has 0 aromatic carbocycles. The van der Waals surface area contributed by atoms with E-state index in [1.165, 1.54) is 25.5 Å². The van der Waals surface area contributed by atoms with Crippen molar-refractivity contribution < 1.29 is 8.42 Å². The van der Waals surface area contributed by atoms with E-state index in [1.807, 2.05) is 0 Å². The summed E-state index contributed by atoms with van der Waals surface area (Å²) in [4.78, 5) is 0.645. The van der Waals surface area contributed by atoms with Gasteiger partial charge in [0.15, 0.2) is 0 Å². The van der Waals surface area contributed by atoms with Crippen molar-refractivity contribution in [1.82, 2.24) is 0 Å². The second-order valence-electron chi connectivity index (χ2n) is 5.99. The highest BCUT2D eigenvalue weighted by Crippen LogP contribution is 2.46. The van der Waals surface area contributed by atoms with Crippen molar-refractivity contribution in [2.75, 3.05) is 6.26 Å². The van der Waals surface area contributed by atoms with Gasteiger partial charge in [-0.3, -0.25) is 0 Å². The molecule has 0 amide bonds. The molecule has 0 radical (unpaired) electrons. The van der Waals surface area contributed by atoms with E-state index < -0.39 is 9.84 Å². The largest absolute Gasteiger partial charge is 0.229 e. The van der Waals surface area contributed by atoms with Crippen molar-refractivity contribution in [2.24, 2.45) is 17.8 Å². The van der Waals surface area contributed by atoms with Crippen LogP contribution < -0.4 is 0 Å². The maximum atomic E-state index is 11.7. The van der Waals surface area contributed by atoms with Gasteiger partial charge in [-0.05, 0) is 43.4 Å². The summed E-state index contributed by atoms with van der Waals surface area (Å²) in [5.41, 5.74) is 0. The van der Waals surface area contributed by atoms with Crippen LogP contribution in [0.5, 0.6) is 0 Å². The van der Waals surface area contributed by atoms with Gasteiger partial charge in [-0.25, -0.2) is 8.42 Å². The van der Waals surface area contributed by atoms with Crippen LogP contribution in [0.3, 0.4) is 0 Å². The fourth-order valence-corrected chi connectivity index (χ4v) is 5.62. The van der Waals surface area contributed by atoms with Crippen molar-refractivity contribution in [1.29, 1.82) is 0 Å². The van der Waals surface area contributed by atoms with Crippen molar-refractivity contribution in [3.63, 3.8) is 0 Å². The van der Waals surface area contributed by atoms with Crippen LogP contribution >= 0.6 is 15.9 Å². The minimum absolute atomic E-state index is 0.0668. The Bertz CT molecular complexity index is 366. The molecule has 0 saturated heterocycles. The number of rotatable bonds is 2. The van der Waals surface area contributed by atoms with Gasteiger partial charge in [0.25, 0.3) is 0 Å². The van der Waals surface area contributed by atoms with Gasteiger partial charge in [0.05, 0.1) is 5.25 Å². The smallest absolute Gasteiger partial charge is 0.150 e. The van der Waals surface area contributed by atoms with Crippen LogP contribution in [0.4, 0.5) is 0 Å². The lowest BCUT2D eigenvalue weighted by Gasteiger charge is -2.34. The molecule has 0 aromatic rings. The van der Waals surface area contributed by atoms with E-state index in [0.29, 0.717) is 16.7 Å². The third-order valence-electron chi connectivity index (χ3n) is 4.90. The number of hydrogen-bond acceptors (Lipinski definition) is 2. The van der Waals surface area contributed by atoms with E-state index in [2.05, 4.69) is 22.9 Å². The summed E-state index contributed by atoms with van der Waals surface area (Å²) >= 11 is 3.75. The summed E-state index contributed by atoms with van der Waals surface area (Å²) in [5.74, 6) is 2.09. The Kier molecular flexibility index (Phi) is 4.24. The van der Waals surface area contributed by atoms with Crippen LogP contribution in [0.15, 0.2) is 0 Å². The van der Waals surface area contributed by atoms with Gasteiger partial charge in [0.1, 0.15) is 9.84 Å². The lowest BCUT2D eigenvalue weighted by atomic mass is 9.76. The Labute approximate surface area is 114 Å². The predicted octanol–water partition coefficient (Wildman–Crippen LogP) is 3.40. The maximum absolute atomic E-state index is 11.7. The first kappa shape index (κ1) is 13.9. The molecule has 0 bridgehead atoms. The highest BCUT2D eigenvalue weighted by atomic mass is 79.9. The highest BCUT2D eigenvalue weighted by molar-refractivity contribution is 9.09. The fourth-order valence-electron chi connectivity index (χ4n) is 3.77. The van der Waals surface area contributed by atoms with E-state index in [4.69, 9.17) is 0 Å². The molecule has 17 heavy (non-hydrogen) atoms. The molecule has 2 rings (SSSR count). The first-order valence-electron chi connectivity index (χ1n) is 6.72. The molecule has 5 unspecified atom stereocenters. The minimum atomic E-state index is -2.83. The van der Waals surface area contributed by atoms with Gasteiger partial charge in [-0.1, -0.05) is 35.7 Å². The average Bonchev–Trinajstić information content (AvgIpc) is 2.59. The van der Waals surface area contributed by atoms with Gasteiger partial charge in [-0.2, -0.15) is 0 Å². The van der Waals surface area contributed by atoms with Crippen LogP contribution in [-0.4, -0.2) is 24.8 Å². The predicted molar refractivity (Wildman–Crippen MR) is 75.2 cm³/mol. The number of hydrogen-bond donors (Lipinski definition) is 0. The van der Waals surface area contributed by atoms with Gasteiger partial charge in [0, 0.05) is 11.1 Å². The first-order chi connectivity index (χ1) is 7.89. The van der Waals surface area contributed by atoms with Crippen LogP contribution in [0.25, 0.3) is 0 Å². The standard InChI is InChI=1S/C13H23BrO2S/c1-9-12(6-7-13(9)14)10-4-3-5-11(8-10)17(2,15)16/h9-13H,3-8H2,1-2H3. The molecule has 2 aliphatic rings. The normalized spacial score (nSPS) is 43.8. The maximum Gasteiger partial charge on any atom is 0.150 e. The topological polar surface area (TPSA) is 34.1 Å². The second kappa shape index (κ2) is 5.20. The quantitative estimate of drug-likeness (QED) is 0.730. The van der Waals surface area contributed by atoms with E-state index in [0.717, 1.165) is 25.2 Å². The molecule has 2 fully saturated rings. The molecule has 0 aromatic heterocycles. The summed E-state index contributed by atoms with van der Waals surface area (Å²) < 4.78 is 23.4. The molecule has 100 valence electrons. The third-order valence-corrected chi connectivity index (χ3v) is 7.83. The monoisotopic (exact) mass is 322 g/mol. The average molecular weight is 323 g/mol. The molecular formula is C13H23BrO2S. The first-order valence-corrected chi connectivity index (χ1v) is 9.59. The lowest BCUT2D eigenvalue weighted by Crippen LogP contribution is -2.32. The zero-order valence-electron chi connectivity index (χ0n) is 10.7. The van der Waals surface area contributed by atoms with Gasteiger partial charge >= 0.3 is 0 Å². The van der Waals surface area contributed by atoms with E-state index in [-0.39, 0.29) is 5.25 Å². The third kappa shape index (κ3) is 3.06. The molecule has 2 nitrogen and oxygen atoms in total. The fraction of sp³-hybridized carbons (Fsp3) is 1.00. The van der Waals surface area contributed by atoms with Crippen molar-refractivity contribution in [3.8, 4) is 0 Å². The zero-order valence-corrected chi connectivity index (χ0v) is 13.1. The summed E-state index contributed by atoms with van der Waals surface area (Å²) in [5, 5.41) is -0.0668. The Balaban J connectivity index is 2.03. The molecule has 0 N–H and O–H groups in total. The van der Waals surface area contributed by atoms with E-state index in [1.54, 1.807) is 0 Å². The molecule has 2 aliphatic carbocycles. The Hall–Kier alpha value is 0.430. The highest BCUT2D eigenvalue weighted by Gasteiger charge is 2.39. The summed E-state index contributed by atoms with van der Waals surface area (Å²) in [6.07, 6.45) is 8.07. The molecule has 0 heterocycles.